The van der Waals surface area contributed by atoms with Crippen molar-refractivity contribution in [3.63, 3.8) is 0 Å². The van der Waals surface area contributed by atoms with E-state index in [4.69, 9.17) is 23.7 Å². The second kappa shape index (κ2) is 12.9. The molecule has 0 radical (unpaired) electrons. The van der Waals surface area contributed by atoms with E-state index >= 15 is 0 Å². The van der Waals surface area contributed by atoms with Gasteiger partial charge in [0.05, 0.1) is 39.0 Å². The number of hydrogen-bond acceptors (Lipinski definition) is 9. The maximum Gasteiger partial charge on any atom is 0.167 e. The lowest BCUT2D eigenvalue weighted by Gasteiger charge is -2.60. The van der Waals surface area contributed by atoms with Crippen LogP contribution in [0.1, 0.15) is 45.5 Å². The molecule has 0 saturated carbocycles. The summed E-state index contributed by atoms with van der Waals surface area (Å²) in [5, 5.41) is 21.9. The molecule has 2 aromatic carbocycles. The van der Waals surface area contributed by atoms with Gasteiger partial charge in [0, 0.05) is 34.3 Å². The van der Waals surface area contributed by atoms with Gasteiger partial charge in [-0.2, -0.15) is 5.26 Å². The Bertz CT molecular complexity index is 1500. The minimum absolute atomic E-state index is 0.120. The van der Waals surface area contributed by atoms with Crippen molar-refractivity contribution in [3.8, 4) is 34.8 Å². The number of hydrogen-bond donors (Lipinski definition) is 1. The molecule has 0 aromatic heterocycles. The molecular formula is C35H43N3O6. The van der Waals surface area contributed by atoms with E-state index in [0.29, 0.717) is 54.8 Å². The van der Waals surface area contributed by atoms with Crippen LogP contribution in [-0.2, 0) is 12.8 Å². The highest BCUT2D eigenvalue weighted by Gasteiger charge is 2.56. The van der Waals surface area contributed by atoms with Crippen molar-refractivity contribution < 1.29 is 28.8 Å². The monoisotopic (exact) mass is 601 g/mol. The van der Waals surface area contributed by atoms with Crippen LogP contribution in [0.25, 0.3) is 0 Å². The van der Waals surface area contributed by atoms with Crippen molar-refractivity contribution in [1.29, 1.82) is 5.26 Å². The first-order valence-electron chi connectivity index (χ1n) is 15.0. The zero-order valence-electron chi connectivity index (χ0n) is 26.4. The van der Waals surface area contributed by atoms with Gasteiger partial charge in [0.1, 0.15) is 31.6 Å². The molecule has 1 fully saturated rings. The van der Waals surface area contributed by atoms with E-state index in [0.717, 1.165) is 33.4 Å². The fraction of sp³-hybridized carbons (Fsp3) is 0.457. The largest absolute Gasteiger partial charge is 0.493 e. The van der Waals surface area contributed by atoms with Crippen LogP contribution in [0, 0.1) is 25.2 Å². The van der Waals surface area contributed by atoms with Crippen LogP contribution in [0.15, 0.2) is 44.0 Å². The summed E-state index contributed by atoms with van der Waals surface area (Å²) in [6.07, 6.45) is 6.29. The summed E-state index contributed by atoms with van der Waals surface area (Å²) in [6, 6.07) is 3.23. The molecule has 9 nitrogen and oxygen atoms in total. The van der Waals surface area contributed by atoms with Crippen molar-refractivity contribution >= 4 is 0 Å². The van der Waals surface area contributed by atoms with E-state index in [1.807, 2.05) is 13.8 Å². The van der Waals surface area contributed by atoms with Crippen LogP contribution in [-0.4, -0.2) is 80.7 Å². The second-order valence-corrected chi connectivity index (χ2v) is 11.5. The molecule has 3 heterocycles. The van der Waals surface area contributed by atoms with Gasteiger partial charge in [-0.15, -0.1) is 0 Å². The minimum Gasteiger partial charge on any atom is -0.493 e. The van der Waals surface area contributed by atoms with E-state index < -0.39 is 12.1 Å². The van der Waals surface area contributed by atoms with Gasteiger partial charge in [-0.3, -0.25) is 9.80 Å². The number of ether oxygens (including phenoxy) is 5. The van der Waals surface area contributed by atoms with Gasteiger partial charge in [0.2, 0.25) is 0 Å². The predicted octanol–water partition coefficient (Wildman–Crippen LogP) is 4.78. The van der Waals surface area contributed by atoms with E-state index in [2.05, 4.69) is 48.7 Å². The van der Waals surface area contributed by atoms with E-state index in [9.17, 15) is 10.4 Å². The first kappa shape index (κ1) is 31.5. The van der Waals surface area contributed by atoms with Gasteiger partial charge in [0.25, 0.3) is 0 Å². The topological polar surface area (TPSA) is 96.6 Å². The highest BCUT2D eigenvalue weighted by molar-refractivity contribution is 5.66. The summed E-state index contributed by atoms with van der Waals surface area (Å²) in [5.74, 6) is 3.15. The number of rotatable bonds is 12. The predicted molar refractivity (Wildman–Crippen MR) is 169 cm³/mol. The van der Waals surface area contributed by atoms with Crippen molar-refractivity contribution in [3.05, 3.63) is 77.4 Å². The third-order valence-electron chi connectivity index (χ3n) is 9.25. The summed E-state index contributed by atoms with van der Waals surface area (Å²) in [5.41, 5.74) is 5.67. The number of nitriles is 1. The maximum absolute atomic E-state index is 11.2. The van der Waals surface area contributed by atoms with Crippen molar-refractivity contribution in [2.24, 2.45) is 0 Å². The van der Waals surface area contributed by atoms with Crippen LogP contribution in [0.3, 0.4) is 0 Å². The highest BCUT2D eigenvalue weighted by atomic mass is 16.5. The molecule has 0 aliphatic carbocycles. The Labute approximate surface area is 260 Å². The number of nitrogens with zero attached hydrogens (tertiary/aromatic N) is 3. The molecule has 3 aliphatic rings. The van der Waals surface area contributed by atoms with E-state index in [-0.39, 0.29) is 31.3 Å². The fourth-order valence-corrected chi connectivity index (χ4v) is 7.67. The number of aliphatic hydroxyl groups excluding tert-OH is 1. The standard InChI is InChI=1S/C35H43N3O6/c1-9-12-42-32-21(5)33(41-8)35(44-14-11-3)29-23(32)17-25-30-28-22(15-20(4)31(40-7)34(28)43-13-10-2)16-24(37(30)6)26(18-36)38(25)27(29)19-39/h9-11,15,24-27,30,39H,1-3,12-14,16-17,19H2,4-8H3/t24-,25-,26-,27-,30+/m0/s1. The summed E-state index contributed by atoms with van der Waals surface area (Å²) in [6.45, 7) is 16.2. The number of benzene rings is 2. The van der Waals surface area contributed by atoms with Gasteiger partial charge >= 0.3 is 0 Å². The number of likely N-dealkylation sites (N-methyl/N-ethyl adjacent to an activating group) is 1. The van der Waals surface area contributed by atoms with Crippen LogP contribution >= 0.6 is 0 Å². The Balaban J connectivity index is 1.81. The number of methoxy groups -OCH3 is 2. The molecule has 5 rings (SSSR count). The normalized spacial score (nSPS) is 23.7. The zero-order chi connectivity index (χ0) is 31.7. The second-order valence-electron chi connectivity index (χ2n) is 11.5. The number of fused-ring (bicyclic) bond motifs is 7. The average Bonchev–Trinajstić information content (AvgIpc) is 3.01. The molecule has 3 aliphatic heterocycles. The lowest BCUT2D eigenvalue weighted by Crippen LogP contribution is -2.68. The van der Waals surface area contributed by atoms with Crippen LogP contribution in [0.5, 0.6) is 28.7 Å². The molecule has 0 spiro atoms. The summed E-state index contributed by atoms with van der Waals surface area (Å²) < 4.78 is 30.8. The third kappa shape index (κ3) is 4.82. The van der Waals surface area contributed by atoms with Crippen molar-refractivity contribution in [1.82, 2.24) is 9.80 Å². The molecule has 0 amide bonds. The molecule has 2 bridgehead atoms. The molecule has 2 aromatic rings. The molecular weight excluding hydrogens is 558 g/mol. The smallest absolute Gasteiger partial charge is 0.167 e. The fourth-order valence-electron chi connectivity index (χ4n) is 7.67. The average molecular weight is 602 g/mol. The van der Waals surface area contributed by atoms with Crippen LogP contribution in [0.4, 0.5) is 0 Å². The Morgan fingerprint density at radius 1 is 0.886 bits per heavy atom. The van der Waals surface area contributed by atoms with Gasteiger partial charge in [-0.25, -0.2) is 0 Å². The molecule has 5 atom stereocenters. The number of aryl methyl sites for hydroxylation is 1. The Morgan fingerprint density at radius 3 is 2.02 bits per heavy atom. The lowest BCUT2D eigenvalue weighted by molar-refractivity contribution is -0.0827. The molecule has 1 saturated heterocycles. The Hall–Kier alpha value is -3.97. The van der Waals surface area contributed by atoms with E-state index in [1.165, 1.54) is 0 Å². The van der Waals surface area contributed by atoms with Gasteiger partial charge < -0.3 is 28.8 Å². The maximum atomic E-state index is 11.2. The van der Waals surface area contributed by atoms with Gasteiger partial charge in [0.15, 0.2) is 23.0 Å². The lowest BCUT2D eigenvalue weighted by atomic mass is 9.71. The van der Waals surface area contributed by atoms with Crippen LogP contribution in [0.2, 0.25) is 0 Å². The van der Waals surface area contributed by atoms with Gasteiger partial charge in [-0.05, 0) is 44.9 Å². The molecule has 0 unspecified atom stereocenters. The SMILES string of the molecule is C=CCOc1c(C)c(OC)c(OCC=C)c2c1C[C@H]1[C@@H]3c4c(cc(C)c(OC)c4OCC=C)C[C@@H]([C@H](C#N)N1[C@H]2CO)N3C. The Kier molecular flexibility index (Phi) is 9.26. The quantitative estimate of drug-likeness (QED) is 0.345. The molecule has 44 heavy (non-hydrogen) atoms. The van der Waals surface area contributed by atoms with Gasteiger partial charge in [-0.1, -0.05) is 44.0 Å². The summed E-state index contributed by atoms with van der Waals surface area (Å²) in [7, 11) is 5.34. The van der Waals surface area contributed by atoms with Crippen molar-refractivity contribution in [2.75, 3.05) is 47.7 Å². The number of aliphatic hydroxyl groups is 1. The minimum atomic E-state index is -0.557. The zero-order valence-corrected chi connectivity index (χ0v) is 26.4. The first-order valence-corrected chi connectivity index (χ1v) is 15.0. The molecule has 1 N–H and O–H groups in total. The number of piperazine rings is 1. The Morgan fingerprint density at radius 2 is 1.48 bits per heavy atom. The molecule has 9 heteroatoms. The summed E-state index contributed by atoms with van der Waals surface area (Å²) in [4.78, 5) is 4.50. The first-order chi connectivity index (χ1) is 21.3. The van der Waals surface area contributed by atoms with Crippen molar-refractivity contribution in [2.45, 2.75) is 56.9 Å². The molecule has 234 valence electrons. The highest BCUT2D eigenvalue weighted by Crippen LogP contribution is 2.57. The third-order valence-corrected chi connectivity index (χ3v) is 9.25. The summed E-state index contributed by atoms with van der Waals surface area (Å²) >= 11 is 0. The van der Waals surface area contributed by atoms with Crippen LogP contribution < -0.4 is 23.7 Å². The van der Waals surface area contributed by atoms with E-state index in [1.54, 1.807) is 32.4 Å².